The maximum atomic E-state index is 5.58. The normalized spacial score (nSPS) is 11.1. The molecule has 0 saturated carbocycles. The standard InChI is InChI=1S/C22H17N5S/c28-22-26-19-11-17-18(12-20(19)27(22)16-9-5-2-6-10-16)24-14-25-21(17)23-13-15-7-3-1-4-8-15/h1-12,14H,13H2,(H,26,28)(H,23,24,25). The second-order valence-corrected chi connectivity index (χ2v) is 6.94. The summed E-state index contributed by atoms with van der Waals surface area (Å²) in [6.07, 6.45) is 1.59. The molecule has 2 aromatic heterocycles. The van der Waals surface area contributed by atoms with Gasteiger partial charge in [-0.2, -0.15) is 0 Å². The first-order valence-electron chi connectivity index (χ1n) is 9.02. The average Bonchev–Trinajstić information content (AvgIpc) is 3.06. The van der Waals surface area contributed by atoms with E-state index in [9.17, 15) is 0 Å². The van der Waals surface area contributed by atoms with E-state index in [1.807, 2.05) is 53.1 Å². The van der Waals surface area contributed by atoms with E-state index in [2.05, 4.69) is 44.5 Å². The molecule has 5 aromatic rings. The minimum atomic E-state index is 0.656. The summed E-state index contributed by atoms with van der Waals surface area (Å²) in [5, 5.41) is 4.38. The molecule has 0 unspecified atom stereocenters. The van der Waals surface area contributed by atoms with Crippen LogP contribution in [0.2, 0.25) is 0 Å². The number of aromatic nitrogens is 4. The largest absolute Gasteiger partial charge is 0.365 e. The van der Waals surface area contributed by atoms with Crippen LogP contribution in [0.25, 0.3) is 27.6 Å². The van der Waals surface area contributed by atoms with E-state index < -0.39 is 0 Å². The highest BCUT2D eigenvalue weighted by Crippen LogP contribution is 2.27. The fourth-order valence-electron chi connectivity index (χ4n) is 3.41. The second-order valence-electron chi connectivity index (χ2n) is 6.55. The SMILES string of the molecule is S=c1[nH]c2cc3c(NCc4ccccc4)ncnc3cc2n1-c1ccccc1. The third-order valence-electron chi connectivity index (χ3n) is 4.76. The predicted molar refractivity (Wildman–Crippen MR) is 115 cm³/mol. The fraction of sp³-hybridized carbons (Fsp3) is 0.0455. The van der Waals surface area contributed by atoms with E-state index >= 15 is 0 Å². The number of nitrogens with zero attached hydrogens (tertiary/aromatic N) is 3. The van der Waals surface area contributed by atoms with Gasteiger partial charge in [-0.1, -0.05) is 48.5 Å². The molecule has 0 aliphatic heterocycles. The van der Waals surface area contributed by atoms with Crippen LogP contribution in [0.5, 0.6) is 0 Å². The van der Waals surface area contributed by atoms with Crippen molar-refractivity contribution in [3.8, 4) is 5.69 Å². The van der Waals surface area contributed by atoms with Crippen molar-refractivity contribution in [1.82, 2.24) is 19.5 Å². The van der Waals surface area contributed by atoms with Gasteiger partial charge in [-0.3, -0.25) is 4.57 Å². The van der Waals surface area contributed by atoms with E-state index in [0.29, 0.717) is 11.3 Å². The maximum absolute atomic E-state index is 5.58. The van der Waals surface area contributed by atoms with Crippen LogP contribution in [0.15, 0.2) is 79.1 Å². The lowest BCUT2D eigenvalue weighted by atomic mass is 10.2. The molecular weight excluding hydrogens is 366 g/mol. The molecule has 0 bridgehead atoms. The van der Waals surface area contributed by atoms with Crippen molar-refractivity contribution in [3.05, 3.63) is 89.5 Å². The molecule has 28 heavy (non-hydrogen) atoms. The van der Waals surface area contributed by atoms with Gasteiger partial charge in [-0.15, -0.1) is 0 Å². The monoisotopic (exact) mass is 383 g/mol. The van der Waals surface area contributed by atoms with Gasteiger partial charge in [-0.05, 0) is 42.0 Å². The summed E-state index contributed by atoms with van der Waals surface area (Å²) < 4.78 is 2.69. The van der Waals surface area contributed by atoms with Gasteiger partial charge in [0.2, 0.25) is 0 Å². The van der Waals surface area contributed by atoms with Gasteiger partial charge in [-0.25, -0.2) is 9.97 Å². The van der Waals surface area contributed by atoms with Crippen molar-refractivity contribution < 1.29 is 0 Å². The molecule has 5 nitrogen and oxygen atoms in total. The van der Waals surface area contributed by atoms with Crippen molar-refractivity contribution >= 4 is 40.0 Å². The highest BCUT2D eigenvalue weighted by atomic mass is 32.1. The predicted octanol–water partition coefficient (Wildman–Crippen LogP) is 5.24. The third kappa shape index (κ3) is 2.93. The Kier molecular flexibility index (Phi) is 4.10. The van der Waals surface area contributed by atoms with E-state index in [1.54, 1.807) is 6.33 Å². The minimum Gasteiger partial charge on any atom is -0.365 e. The number of imidazole rings is 1. The Morgan fingerprint density at radius 1 is 0.929 bits per heavy atom. The number of aromatic amines is 1. The molecule has 0 atom stereocenters. The first-order chi connectivity index (χ1) is 13.8. The molecular formula is C22H17N5S. The smallest absolute Gasteiger partial charge is 0.182 e. The van der Waals surface area contributed by atoms with Crippen LogP contribution in [0, 0.1) is 4.77 Å². The summed E-state index contributed by atoms with van der Waals surface area (Å²) in [6, 6.07) is 24.5. The molecule has 0 saturated heterocycles. The fourth-order valence-corrected chi connectivity index (χ4v) is 3.73. The van der Waals surface area contributed by atoms with Gasteiger partial charge < -0.3 is 10.3 Å². The summed E-state index contributed by atoms with van der Waals surface area (Å²) in [4.78, 5) is 12.2. The topological polar surface area (TPSA) is 58.5 Å². The Bertz CT molecular complexity index is 1320. The number of rotatable bonds is 4. The molecule has 0 radical (unpaired) electrons. The number of hydrogen-bond acceptors (Lipinski definition) is 4. The highest BCUT2D eigenvalue weighted by molar-refractivity contribution is 7.71. The number of H-pyrrole nitrogens is 1. The molecule has 0 aliphatic rings. The highest BCUT2D eigenvalue weighted by Gasteiger charge is 2.11. The van der Waals surface area contributed by atoms with Crippen LogP contribution < -0.4 is 5.32 Å². The van der Waals surface area contributed by atoms with Crippen molar-refractivity contribution in [3.63, 3.8) is 0 Å². The molecule has 0 fully saturated rings. The molecule has 5 rings (SSSR count). The number of anilines is 1. The van der Waals surface area contributed by atoms with Crippen molar-refractivity contribution in [2.45, 2.75) is 6.54 Å². The first kappa shape index (κ1) is 16.6. The van der Waals surface area contributed by atoms with Crippen LogP contribution in [0.1, 0.15) is 5.56 Å². The second kappa shape index (κ2) is 6.90. The summed E-state index contributed by atoms with van der Waals surface area (Å²) in [6.45, 7) is 0.700. The molecule has 0 amide bonds. The Balaban J connectivity index is 1.62. The summed E-state index contributed by atoms with van der Waals surface area (Å²) in [5.41, 5.74) is 5.05. The van der Waals surface area contributed by atoms with E-state index in [-0.39, 0.29) is 0 Å². The van der Waals surface area contributed by atoms with Gasteiger partial charge in [0.25, 0.3) is 0 Å². The quantitative estimate of drug-likeness (QED) is 0.417. The number of fused-ring (bicyclic) bond motifs is 2. The number of nitrogens with one attached hydrogen (secondary N) is 2. The van der Waals surface area contributed by atoms with Gasteiger partial charge >= 0.3 is 0 Å². The molecule has 0 spiro atoms. The number of hydrogen-bond donors (Lipinski definition) is 2. The molecule has 136 valence electrons. The zero-order valence-corrected chi connectivity index (χ0v) is 15.8. The molecule has 6 heteroatoms. The van der Waals surface area contributed by atoms with Crippen LogP contribution in [-0.2, 0) is 6.54 Å². The lowest BCUT2D eigenvalue weighted by molar-refractivity contribution is 1.06. The number of para-hydroxylation sites is 1. The van der Waals surface area contributed by atoms with Gasteiger partial charge in [0.05, 0.1) is 16.6 Å². The Hall–Kier alpha value is -3.51. The number of benzene rings is 3. The van der Waals surface area contributed by atoms with Crippen LogP contribution in [0.4, 0.5) is 5.82 Å². The average molecular weight is 383 g/mol. The Labute approximate surface area is 166 Å². The van der Waals surface area contributed by atoms with Crippen LogP contribution >= 0.6 is 12.2 Å². The lowest BCUT2D eigenvalue weighted by Crippen LogP contribution is -2.02. The summed E-state index contributed by atoms with van der Waals surface area (Å²) in [5.74, 6) is 0.808. The van der Waals surface area contributed by atoms with Crippen LogP contribution in [0.3, 0.4) is 0 Å². The molecule has 2 N–H and O–H groups in total. The summed E-state index contributed by atoms with van der Waals surface area (Å²) in [7, 11) is 0. The van der Waals surface area contributed by atoms with Gasteiger partial charge in [0, 0.05) is 17.6 Å². The van der Waals surface area contributed by atoms with E-state index in [0.717, 1.165) is 33.4 Å². The molecule has 0 aliphatic carbocycles. The zero-order valence-electron chi connectivity index (χ0n) is 15.0. The maximum Gasteiger partial charge on any atom is 0.182 e. The van der Waals surface area contributed by atoms with Crippen molar-refractivity contribution in [1.29, 1.82) is 0 Å². The van der Waals surface area contributed by atoms with E-state index in [4.69, 9.17) is 12.2 Å². The summed E-state index contributed by atoms with van der Waals surface area (Å²) >= 11 is 5.58. The minimum absolute atomic E-state index is 0.656. The Morgan fingerprint density at radius 2 is 1.68 bits per heavy atom. The van der Waals surface area contributed by atoms with Crippen molar-refractivity contribution in [2.24, 2.45) is 0 Å². The first-order valence-corrected chi connectivity index (χ1v) is 9.43. The molecule has 3 aromatic carbocycles. The molecule has 2 heterocycles. The van der Waals surface area contributed by atoms with E-state index in [1.165, 1.54) is 5.56 Å². The Morgan fingerprint density at radius 3 is 2.46 bits per heavy atom. The van der Waals surface area contributed by atoms with Gasteiger partial charge in [0.15, 0.2) is 4.77 Å². The van der Waals surface area contributed by atoms with Crippen molar-refractivity contribution in [2.75, 3.05) is 5.32 Å². The third-order valence-corrected chi connectivity index (χ3v) is 5.04. The lowest BCUT2D eigenvalue weighted by Gasteiger charge is -2.09. The van der Waals surface area contributed by atoms with Gasteiger partial charge in [0.1, 0.15) is 12.1 Å². The zero-order chi connectivity index (χ0) is 18.9. The van der Waals surface area contributed by atoms with Crippen LogP contribution in [-0.4, -0.2) is 19.5 Å².